The van der Waals surface area contributed by atoms with Crippen LogP contribution in [0.4, 0.5) is 0 Å². The molecule has 1 aliphatic carbocycles. The lowest BCUT2D eigenvalue weighted by Crippen LogP contribution is -2.39. The van der Waals surface area contributed by atoms with Crippen LogP contribution in [0.15, 0.2) is 12.2 Å². The minimum absolute atomic E-state index is 0.173. The van der Waals surface area contributed by atoms with Crippen molar-refractivity contribution in [3.8, 4) is 0 Å². The molecule has 2 atom stereocenters. The van der Waals surface area contributed by atoms with Gasteiger partial charge in [0.15, 0.2) is 0 Å². The summed E-state index contributed by atoms with van der Waals surface area (Å²) in [7, 11) is 0. The fourth-order valence-electron chi connectivity index (χ4n) is 2.54. The van der Waals surface area contributed by atoms with Crippen molar-refractivity contribution in [3.05, 3.63) is 12.2 Å². The van der Waals surface area contributed by atoms with E-state index in [0.717, 1.165) is 32.2 Å². The van der Waals surface area contributed by atoms with E-state index in [9.17, 15) is 4.79 Å². The van der Waals surface area contributed by atoms with E-state index in [0.29, 0.717) is 11.8 Å². The summed E-state index contributed by atoms with van der Waals surface area (Å²) in [4.78, 5) is 12.1. The summed E-state index contributed by atoms with van der Waals surface area (Å²) in [5.41, 5.74) is -0.173. The minimum Gasteiger partial charge on any atom is -0.356 e. The first-order valence-electron chi connectivity index (χ1n) is 6.94. The highest BCUT2D eigenvalue weighted by atomic mass is 16.2. The molecule has 0 saturated carbocycles. The van der Waals surface area contributed by atoms with Gasteiger partial charge in [-0.15, -0.1) is 0 Å². The third-order valence-corrected chi connectivity index (χ3v) is 4.02. The molecule has 0 aromatic heterocycles. The molecule has 17 heavy (non-hydrogen) atoms. The first-order chi connectivity index (χ1) is 7.99. The number of rotatable bonds is 3. The molecule has 0 aromatic rings. The summed E-state index contributed by atoms with van der Waals surface area (Å²) >= 11 is 0. The molecule has 0 aliphatic heterocycles. The van der Waals surface area contributed by atoms with Crippen LogP contribution in [-0.4, -0.2) is 12.5 Å². The number of hydrogen-bond donors (Lipinski definition) is 1. The fourth-order valence-corrected chi connectivity index (χ4v) is 2.54. The number of carbonyl (C=O) groups is 1. The molecule has 0 saturated heterocycles. The second kappa shape index (κ2) is 6.23. The van der Waals surface area contributed by atoms with Crippen molar-refractivity contribution in [2.45, 2.75) is 53.4 Å². The number of allylic oxidation sites excluding steroid dienone is 2. The van der Waals surface area contributed by atoms with Crippen molar-refractivity contribution < 1.29 is 4.79 Å². The van der Waals surface area contributed by atoms with Gasteiger partial charge < -0.3 is 5.32 Å². The molecule has 0 fully saturated rings. The van der Waals surface area contributed by atoms with Crippen LogP contribution >= 0.6 is 0 Å². The average Bonchev–Trinajstić information content (AvgIpc) is 2.24. The van der Waals surface area contributed by atoms with Crippen molar-refractivity contribution >= 4 is 5.91 Å². The van der Waals surface area contributed by atoms with Crippen LogP contribution < -0.4 is 5.32 Å². The molecule has 2 unspecified atom stereocenters. The molecule has 0 radical (unpaired) electrons. The Hall–Kier alpha value is -0.790. The van der Waals surface area contributed by atoms with E-state index in [1.165, 1.54) is 0 Å². The van der Waals surface area contributed by atoms with E-state index in [4.69, 9.17) is 0 Å². The zero-order chi connectivity index (χ0) is 12.9. The highest BCUT2D eigenvalue weighted by molar-refractivity contribution is 5.82. The number of hydrogen-bond acceptors (Lipinski definition) is 1. The van der Waals surface area contributed by atoms with Gasteiger partial charge in [-0.1, -0.05) is 32.9 Å². The van der Waals surface area contributed by atoms with Crippen LogP contribution in [0.3, 0.4) is 0 Å². The van der Waals surface area contributed by atoms with E-state index in [1.807, 2.05) is 6.92 Å². The van der Waals surface area contributed by atoms with Gasteiger partial charge in [-0.25, -0.2) is 0 Å². The SMILES string of the molecule is CCNC(=O)C1(C)CC/C=C/C(C(C)C)CC1. The molecule has 1 rings (SSSR count). The molecule has 0 bridgehead atoms. The first-order valence-corrected chi connectivity index (χ1v) is 6.94. The molecule has 2 nitrogen and oxygen atoms in total. The highest BCUT2D eigenvalue weighted by Gasteiger charge is 2.33. The topological polar surface area (TPSA) is 29.1 Å². The molecular formula is C15H27NO. The van der Waals surface area contributed by atoms with E-state index in [2.05, 4.69) is 38.2 Å². The lowest BCUT2D eigenvalue weighted by atomic mass is 9.74. The van der Waals surface area contributed by atoms with Gasteiger partial charge in [0.2, 0.25) is 5.91 Å². The van der Waals surface area contributed by atoms with E-state index >= 15 is 0 Å². The number of carbonyl (C=O) groups excluding carboxylic acids is 1. The van der Waals surface area contributed by atoms with Crippen molar-refractivity contribution in [2.24, 2.45) is 17.3 Å². The van der Waals surface area contributed by atoms with Gasteiger partial charge in [0, 0.05) is 12.0 Å². The Labute approximate surface area is 106 Å². The van der Waals surface area contributed by atoms with Crippen LogP contribution in [0.1, 0.15) is 53.4 Å². The third kappa shape index (κ3) is 3.86. The normalized spacial score (nSPS) is 31.7. The summed E-state index contributed by atoms with van der Waals surface area (Å²) in [5, 5.41) is 2.98. The Morgan fingerprint density at radius 1 is 1.47 bits per heavy atom. The Bertz CT molecular complexity index is 283. The molecule has 2 heteroatoms. The smallest absolute Gasteiger partial charge is 0.225 e. The van der Waals surface area contributed by atoms with Crippen molar-refractivity contribution in [1.82, 2.24) is 5.32 Å². The largest absolute Gasteiger partial charge is 0.356 e. The highest BCUT2D eigenvalue weighted by Crippen LogP contribution is 2.35. The van der Waals surface area contributed by atoms with Crippen molar-refractivity contribution in [2.75, 3.05) is 6.54 Å². The van der Waals surface area contributed by atoms with E-state index in [1.54, 1.807) is 0 Å². The van der Waals surface area contributed by atoms with Gasteiger partial charge in [0.1, 0.15) is 0 Å². The van der Waals surface area contributed by atoms with Gasteiger partial charge in [-0.05, 0) is 44.4 Å². The number of nitrogens with one attached hydrogen (secondary N) is 1. The average molecular weight is 237 g/mol. The summed E-state index contributed by atoms with van der Waals surface area (Å²) in [6.45, 7) is 9.37. The molecule has 0 heterocycles. The van der Waals surface area contributed by atoms with Gasteiger partial charge in [-0.2, -0.15) is 0 Å². The van der Waals surface area contributed by atoms with Crippen LogP contribution in [0.25, 0.3) is 0 Å². The lowest BCUT2D eigenvalue weighted by molar-refractivity contribution is -0.131. The maximum atomic E-state index is 12.1. The molecule has 1 N–H and O–H groups in total. The van der Waals surface area contributed by atoms with Gasteiger partial charge in [0.05, 0.1) is 0 Å². The zero-order valence-electron chi connectivity index (χ0n) is 11.8. The lowest BCUT2D eigenvalue weighted by Gasteiger charge is -2.31. The quantitative estimate of drug-likeness (QED) is 0.747. The zero-order valence-corrected chi connectivity index (χ0v) is 11.8. The van der Waals surface area contributed by atoms with Crippen molar-refractivity contribution in [3.63, 3.8) is 0 Å². The maximum Gasteiger partial charge on any atom is 0.225 e. The Morgan fingerprint density at radius 3 is 2.76 bits per heavy atom. The predicted octanol–water partition coefficient (Wildman–Crippen LogP) is 3.53. The summed E-state index contributed by atoms with van der Waals surface area (Å²) in [6, 6.07) is 0. The Balaban J connectivity index is 2.71. The minimum atomic E-state index is -0.173. The standard InChI is InChI=1S/C15H27NO/c1-5-16-14(17)15(4)10-7-6-8-13(9-11-15)12(2)3/h6,8,12-13H,5,7,9-11H2,1-4H3,(H,16,17)/b8-6+. The van der Waals surface area contributed by atoms with Crippen LogP contribution in [0.5, 0.6) is 0 Å². The first kappa shape index (κ1) is 14.3. The Kier molecular flexibility index (Phi) is 5.23. The maximum absolute atomic E-state index is 12.1. The van der Waals surface area contributed by atoms with Gasteiger partial charge in [-0.3, -0.25) is 4.79 Å². The number of amides is 1. The monoisotopic (exact) mass is 237 g/mol. The second-order valence-electron chi connectivity index (χ2n) is 5.83. The molecule has 98 valence electrons. The molecule has 0 spiro atoms. The summed E-state index contributed by atoms with van der Waals surface area (Å²) < 4.78 is 0. The van der Waals surface area contributed by atoms with Gasteiger partial charge in [0.25, 0.3) is 0 Å². The third-order valence-electron chi connectivity index (χ3n) is 4.02. The fraction of sp³-hybridized carbons (Fsp3) is 0.800. The van der Waals surface area contributed by atoms with Gasteiger partial charge >= 0.3 is 0 Å². The van der Waals surface area contributed by atoms with Crippen LogP contribution in [0.2, 0.25) is 0 Å². The molecule has 1 amide bonds. The van der Waals surface area contributed by atoms with Crippen LogP contribution in [-0.2, 0) is 4.79 Å². The second-order valence-corrected chi connectivity index (χ2v) is 5.83. The van der Waals surface area contributed by atoms with Crippen LogP contribution in [0, 0.1) is 17.3 Å². The summed E-state index contributed by atoms with van der Waals surface area (Å²) in [6.07, 6.45) is 8.74. The Morgan fingerprint density at radius 2 is 2.18 bits per heavy atom. The molecular weight excluding hydrogens is 210 g/mol. The molecule has 0 aromatic carbocycles. The summed E-state index contributed by atoms with van der Waals surface area (Å²) in [5.74, 6) is 1.53. The van der Waals surface area contributed by atoms with E-state index < -0.39 is 0 Å². The van der Waals surface area contributed by atoms with Crippen molar-refractivity contribution in [1.29, 1.82) is 0 Å². The molecule has 1 aliphatic rings. The predicted molar refractivity (Wildman–Crippen MR) is 72.7 cm³/mol. The van der Waals surface area contributed by atoms with E-state index in [-0.39, 0.29) is 11.3 Å².